The van der Waals surface area contributed by atoms with Crippen LogP contribution in [0.15, 0.2) is 35.8 Å². The van der Waals surface area contributed by atoms with Crippen LogP contribution < -0.4 is 5.32 Å². The number of aromatic nitrogens is 1. The van der Waals surface area contributed by atoms with Crippen LogP contribution >= 0.6 is 11.3 Å². The van der Waals surface area contributed by atoms with E-state index < -0.39 is 11.7 Å². The standard InChI is InChI=1S/C18H19F3N4O2S/c1-12(15(26)23-17-22-6-11-28-17)24-7-9-25(10-8-24)16(27)13-2-4-14(5-3-13)18(19,20)21/h2-6,11-12H,7-10H2,1H3,(H,22,23,26). The van der Waals surface area contributed by atoms with Gasteiger partial charge in [0.15, 0.2) is 5.13 Å². The van der Waals surface area contributed by atoms with Gasteiger partial charge >= 0.3 is 6.18 Å². The summed E-state index contributed by atoms with van der Waals surface area (Å²) < 4.78 is 37.9. The zero-order valence-corrected chi connectivity index (χ0v) is 15.9. The van der Waals surface area contributed by atoms with E-state index >= 15 is 0 Å². The highest BCUT2D eigenvalue weighted by molar-refractivity contribution is 7.13. The highest BCUT2D eigenvalue weighted by Gasteiger charge is 2.31. The first-order valence-corrected chi connectivity index (χ1v) is 9.54. The molecule has 150 valence electrons. The number of halogens is 3. The summed E-state index contributed by atoms with van der Waals surface area (Å²) in [5, 5.41) is 5.06. The largest absolute Gasteiger partial charge is 0.416 e. The van der Waals surface area contributed by atoms with E-state index in [1.165, 1.54) is 23.5 Å². The number of carbonyl (C=O) groups excluding carboxylic acids is 2. The molecule has 1 saturated heterocycles. The Morgan fingerprint density at radius 2 is 1.79 bits per heavy atom. The van der Waals surface area contributed by atoms with Gasteiger partial charge in [0.25, 0.3) is 5.91 Å². The van der Waals surface area contributed by atoms with E-state index in [9.17, 15) is 22.8 Å². The van der Waals surface area contributed by atoms with Crippen molar-refractivity contribution in [1.82, 2.24) is 14.8 Å². The number of hydrogen-bond donors (Lipinski definition) is 1. The number of nitrogens with one attached hydrogen (secondary N) is 1. The molecule has 0 aliphatic carbocycles. The Bertz CT molecular complexity index is 816. The Balaban J connectivity index is 1.54. The van der Waals surface area contributed by atoms with Gasteiger partial charge in [0.2, 0.25) is 5.91 Å². The van der Waals surface area contributed by atoms with E-state index in [0.717, 1.165) is 12.1 Å². The van der Waals surface area contributed by atoms with Crippen molar-refractivity contribution in [1.29, 1.82) is 0 Å². The monoisotopic (exact) mass is 412 g/mol. The Hall–Kier alpha value is -2.46. The second-order valence-electron chi connectivity index (χ2n) is 6.41. The minimum Gasteiger partial charge on any atom is -0.336 e. The summed E-state index contributed by atoms with van der Waals surface area (Å²) in [4.78, 5) is 32.4. The van der Waals surface area contributed by atoms with Crippen molar-refractivity contribution in [2.45, 2.75) is 19.1 Å². The van der Waals surface area contributed by atoms with Crippen LogP contribution in [-0.4, -0.2) is 58.8 Å². The lowest BCUT2D eigenvalue weighted by atomic mass is 10.1. The van der Waals surface area contributed by atoms with Gasteiger partial charge < -0.3 is 10.2 Å². The predicted molar refractivity (Wildman–Crippen MR) is 99.1 cm³/mol. The van der Waals surface area contributed by atoms with Gasteiger partial charge in [0, 0.05) is 43.3 Å². The molecule has 1 aliphatic heterocycles. The summed E-state index contributed by atoms with van der Waals surface area (Å²) in [5.41, 5.74) is -0.565. The van der Waals surface area contributed by atoms with Crippen molar-refractivity contribution in [2.75, 3.05) is 31.5 Å². The number of hydrogen-bond acceptors (Lipinski definition) is 5. The lowest BCUT2D eigenvalue weighted by Gasteiger charge is -2.37. The number of rotatable bonds is 4. The number of alkyl halides is 3. The second kappa shape index (κ2) is 8.27. The Morgan fingerprint density at radius 1 is 1.14 bits per heavy atom. The summed E-state index contributed by atoms with van der Waals surface area (Å²) in [6, 6.07) is 3.83. The molecule has 1 unspecified atom stereocenters. The van der Waals surface area contributed by atoms with Crippen LogP contribution in [0.2, 0.25) is 0 Å². The Labute approximate surface area is 164 Å². The molecule has 1 fully saturated rings. The molecule has 1 aliphatic rings. The maximum atomic E-state index is 12.6. The van der Waals surface area contributed by atoms with Gasteiger partial charge in [0.1, 0.15) is 0 Å². The number of nitrogens with zero attached hydrogens (tertiary/aromatic N) is 3. The van der Waals surface area contributed by atoms with E-state index in [2.05, 4.69) is 10.3 Å². The second-order valence-corrected chi connectivity index (χ2v) is 7.30. The molecule has 0 radical (unpaired) electrons. The Kier molecular flexibility index (Phi) is 5.99. The number of benzene rings is 1. The topological polar surface area (TPSA) is 65.5 Å². The lowest BCUT2D eigenvalue weighted by molar-refractivity contribution is -0.137. The molecular formula is C18H19F3N4O2S. The first-order chi connectivity index (χ1) is 13.3. The van der Waals surface area contributed by atoms with Crippen molar-refractivity contribution in [3.8, 4) is 0 Å². The van der Waals surface area contributed by atoms with Crippen LogP contribution in [-0.2, 0) is 11.0 Å². The first kappa shape index (κ1) is 20.3. The SMILES string of the molecule is CC(C(=O)Nc1nccs1)N1CCN(C(=O)c2ccc(C(F)(F)F)cc2)CC1. The zero-order valence-electron chi connectivity index (χ0n) is 15.1. The summed E-state index contributed by atoms with van der Waals surface area (Å²) >= 11 is 1.33. The summed E-state index contributed by atoms with van der Waals surface area (Å²) in [6.07, 6.45) is -2.82. The van der Waals surface area contributed by atoms with Crippen LogP contribution in [0.1, 0.15) is 22.8 Å². The molecule has 28 heavy (non-hydrogen) atoms. The normalized spacial score (nSPS) is 16.6. The molecule has 1 atom stereocenters. The van der Waals surface area contributed by atoms with Gasteiger partial charge in [-0.2, -0.15) is 13.2 Å². The molecule has 10 heteroatoms. The lowest BCUT2D eigenvalue weighted by Crippen LogP contribution is -2.54. The number of amides is 2. The minimum absolute atomic E-state index is 0.169. The van der Waals surface area contributed by atoms with Crippen LogP contribution in [0, 0.1) is 0 Å². The van der Waals surface area contributed by atoms with E-state index in [0.29, 0.717) is 31.3 Å². The highest BCUT2D eigenvalue weighted by Crippen LogP contribution is 2.29. The van der Waals surface area contributed by atoms with Crippen molar-refractivity contribution < 1.29 is 22.8 Å². The number of anilines is 1. The molecule has 0 spiro atoms. The van der Waals surface area contributed by atoms with E-state index in [1.807, 2.05) is 4.90 Å². The van der Waals surface area contributed by atoms with Gasteiger partial charge in [-0.3, -0.25) is 14.5 Å². The smallest absolute Gasteiger partial charge is 0.336 e. The molecule has 2 amide bonds. The van der Waals surface area contributed by atoms with Gasteiger partial charge in [0.05, 0.1) is 11.6 Å². The molecule has 1 aromatic carbocycles. The maximum absolute atomic E-state index is 12.6. The van der Waals surface area contributed by atoms with Crippen molar-refractivity contribution in [3.63, 3.8) is 0 Å². The van der Waals surface area contributed by atoms with E-state index in [4.69, 9.17) is 0 Å². The Morgan fingerprint density at radius 3 is 2.32 bits per heavy atom. The molecule has 0 bridgehead atoms. The van der Waals surface area contributed by atoms with Crippen LogP contribution in [0.3, 0.4) is 0 Å². The molecule has 2 heterocycles. The van der Waals surface area contributed by atoms with E-state index in [-0.39, 0.29) is 23.4 Å². The van der Waals surface area contributed by atoms with Gasteiger partial charge in [-0.1, -0.05) is 0 Å². The fourth-order valence-electron chi connectivity index (χ4n) is 2.96. The minimum atomic E-state index is -4.43. The summed E-state index contributed by atoms with van der Waals surface area (Å²) in [7, 11) is 0. The molecular weight excluding hydrogens is 393 g/mol. The van der Waals surface area contributed by atoms with Gasteiger partial charge in [-0.15, -0.1) is 11.3 Å². The van der Waals surface area contributed by atoms with Crippen molar-refractivity contribution >= 4 is 28.3 Å². The zero-order chi connectivity index (χ0) is 20.3. The molecule has 6 nitrogen and oxygen atoms in total. The summed E-state index contributed by atoms with van der Waals surface area (Å²) in [5.74, 6) is -0.481. The predicted octanol–water partition coefficient (Wildman–Crippen LogP) is 2.95. The number of piperazine rings is 1. The summed E-state index contributed by atoms with van der Waals surface area (Å²) in [6.45, 7) is 3.58. The average molecular weight is 412 g/mol. The van der Waals surface area contributed by atoms with Crippen LogP contribution in [0.4, 0.5) is 18.3 Å². The maximum Gasteiger partial charge on any atom is 0.416 e. The fourth-order valence-corrected chi connectivity index (χ4v) is 3.49. The van der Waals surface area contributed by atoms with Crippen molar-refractivity contribution in [3.05, 3.63) is 47.0 Å². The third-order valence-electron chi connectivity index (χ3n) is 4.65. The van der Waals surface area contributed by atoms with Gasteiger partial charge in [-0.25, -0.2) is 4.98 Å². The molecule has 2 aromatic rings. The van der Waals surface area contributed by atoms with E-state index in [1.54, 1.807) is 23.4 Å². The number of thiazole rings is 1. The van der Waals surface area contributed by atoms with Crippen LogP contribution in [0.25, 0.3) is 0 Å². The highest BCUT2D eigenvalue weighted by atomic mass is 32.1. The quantitative estimate of drug-likeness (QED) is 0.839. The van der Waals surface area contributed by atoms with Gasteiger partial charge in [-0.05, 0) is 31.2 Å². The van der Waals surface area contributed by atoms with Crippen molar-refractivity contribution in [2.24, 2.45) is 0 Å². The third-order valence-corrected chi connectivity index (χ3v) is 5.34. The molecule has 1 N–H and O–H groups in total. The average Bonchev–Trinajstić information content (AvgIpc) is 3.19. The third kappa shape index (κ3) is 4.68. The van der Waals surface area contributed by atoms with Crippen LogP contribution in [0.5, 0.6) is 0 Å². The molecule has 3 rings (SSSR count). The number of carbonyl (C=O) groups is 2. The fraction of sp³-hybridized carbons (Fsp3) is 0.389. The molecule has 1 aromatic heterocycles. The molecule has 0 saturated carbocycles. The first-order valence-electron chi connectivity index (χ1n) is 8.66.